The molecule has 0 unspecified atom stereocenters. The molecule has 1 amide bonds. The van der Waals surface area contributed by atoms with Gasteiger partial charge in [0.1, 0.15) is 0 Å². The van der Waals surface area contributed by atoms with E-state index >= 15 is 0 Å². The average Bonchev–Trinajstić information content (AvgIpc) is 2.30. The van der Waals surface area contributed by atoms with Gasteiger partial charge in [0.05, 0.1) is 0 Å². The van der Waals surface area contributed by atoms with Crippen LogP contribution in [0.3, 0.4) is 0 Å². The molecule has 80 valence electrons. The molecular weight excluding hydrogens is 176 g/mol. The molecule has 0 aromatic carbocycles. The fourth-order valence-corrected chi connectivity index (χ4v) is 2.99. The van der Waals surface area contributed by atoms with Crippen molar-refractivity contribution in [1.29, 1.82) is 0 Å². The highest BCUT2D eigenvalue weighted by atomic mass is 16.2. The lowest BCUT2D eigenvalue weighted by atomic mass is 9.66. The first-order valence-electron chi connectivity index (χ1n) is 5.47. The van der Waals surface area contributed by atoms with Gasteiger partial charge in [-0.25, -0.2) is 0 Å². The van der Waals surface area contributed by atoms with Crippen molar-refractivity contribution in [2.75, 3.05) is 20.1 Å². The molecule has 0 atom stereocenters. The van der Waals surface area contributed by atoms with Gasteiger partial charge in [-0.1, -0.05) is 0 Å². The lowest BCUT2D eigenvalue weighted by Crippen LogP contribution is -2.52. The van der Waals surface area contributed by atoms with Gasteiger partial charge in [0, 0.05) is 24.4 Å². The van der Waals surface area contributed by atoms with Gasteiger partial charge < -0.3 is 10.2 Å². The highest BCUT2D eigenvalue weighted by Crippen LogP contribution is 2.50. The van der Waals surface area contributed by atoms with Crippen molar-refractivity contribution < 1.29 is 4.79 Å². The Kier molecular flexibility index (Phi) is 2.11. The van der Waals surface area contributed by atoms with Crippen LogP contribution in [0.4, 0.5) is 0 Å². The molecule has 3 nitrogen and oxygen atoms in total. The normalized spacial score (nSPS) is 29.9. The Morgan fingerprint density at radius 1 is 1.29 bits per heavy atom. The van der Waals surface area contributed by atoms with E-state index in [1.807, 2.05) is 11.9 Å². The van der Waals surface area contributed by atoms with Crippen LogP contribution in [-0.4, -0.2) is 36.5 Å². The predicted octanol–water partition coefficient (Wildman–Crippen LogP) is 0.997. The summed E-state index contributed by atoms with van der Waals surface area (Å²) in [5, 5.41) is 3.37. The number of rotatable bonds is 0. The van der Waals surface area contributed by atoms with Gasteiger partial charge in [0.25, 0.3) is 0 Å². The van der Waals surface area contributed by atoms with Gasteiger partial charge in [-0.15, -0.1) is 0 Å². The Labute approximate surface area is 85.8 Å². The van der Waals surface area contributed by atoms with Gasteiger partial charge in [0.15, 0.2) is 0 Å². The summed E-state index contributed by atoms with van der Waals surface area (Å²) in [6.45, 7) is 6.54. The largest absolute Gasteiger partial charge is 0.340 e. The summed E-state index contributed by atoms with van der Waals surface area (Å²) in [6, 6.07) is 0. The summed E-state index contributed by atoms with van der Waals surface area (Å²) < 4.78 is 0. The van der Waals surface area contributed by atoms with Gasteiger partial charge in [-0.05, 0) is 39.8 Å². The molecule has 0 aromatic heterocycles. The van der Waals surface area contributed by atoms with Crippen molar-refractivity contribution in [3.8, 4) is 0 Å². The maximum absolute atomic E-state index is 11.8. The lowest BCUT2D eigenvalue weighted by molar-refractivity contribution is -0.129. The zero-order valence-electron chi connectivity index (χ0n) is 9.39. The number of carbonyl (C=O) groups excluding carboxylic acids is 1. The van der Waals surface area contributed by atoms with E-state index in [-0.39, 0.29) is 11.0 Å². The molecule has 2 fully saturated rings. The SMILES string of the molecule is CN1C(=O)CC2(CCNCC2)C1(C)C. The Balaban J connectivity index is 2.30. The number of nitrogens with one attached hydrogen (secondary N) is 1. The van der Waals surface area contributed by atoms with Crippen LogP contribution in [0.1, 0.15) is 33.1 Å². The van der Waals surface area contributed by atoms with E-state index in [1.165, 1.54) is 0 Å². The monoisotopic (exact) mass is 196 g/mol. The number of likely N-dealkylation sites (tertiary alicyclic amines) is 1. The second kappa shape index (κ2) is 2.96. The van der Waals surface area contributed by atoms with Crippen molar-refractivity contribution in [1.82, 2.24) is 10.2 Å². The summed E-state index contributed by atoms with van der Waals surface area (Å²) in [5.74, 6) is 0.317. The number of hydrogen-bond donors (Lipinski definition) is 1. The lowest BCUT2D eigenvalue weighted by Gasteiger charge is -2.46. The van der Waals surface area contributed by atoms with Gasteiger partial charge in [-0.3, -0.25) is 4.79 Å². The Hall–Kier alpha value is -0.570. The van der Waals surface area contributed by atoms with Crippen LogP contribution in [0, 0.1) is 5.41 Å². The second-order valence-corrected chi connectivity index (χ2v) is 5.22. The standard InChI is InChI=1S/C11H20N2O/c1-10(2)11(4-6-12-7-5-11)8-9(14)13(10)3/h12H,4-8H2,1-3H3. The minimum absolute atomic E-state index is 0.0339. The van der Waals surface area contributed by atoms with Crippen molar-refractivity contribution >= 4 is 5.91 Å². The van der Waals surface area contributed by atoms with Crippen LogP contribution in [0.2, 0.25) is 0 Å². The topological polar surface area (TPSA) is 32.3 Å². The molecule has 0 radical (unpaired) electrons. The number of carbonyl (C=O) groups is 1. The molecule has 0 aliphatic carbocycles. The van der Waals surface area contributed by atoms with Crippen molar-refractivity contribution in [2.45, 2.75) is 38.6 Å². The summed E-state index contributed by atoms with van der Waals surface area (Å²) in [4.78, 5) is 13.7. The van der Waals surface area contributed by atoms with Crippen LogP contribution in [0.15, 0.2) is 0 Å². The maximum Gasteiger partial charge on any atom is 0.223 e. The third kappa shape index (κ3) is 1.11. The minimum atomic E-state index is 0.0339. The summed E-state index contributed by atoms with van der Waals surface area (Å²) >= 11 is 0. The molecule has 2 aliphatic heterocycles. The molecule has 1 N–H and O–H groups in total. The number of amides is 1. The Bertz CT molecular complexity index is 254. The fraction of sp³-hybridized carbons (Fsp3) is 0.909. The molecule has 1 spiro atoms. The highest BCUT2D eigenvalue weighted by molar-refractivity contribution is 5.80. The summed E-state index contributed by atoms with van der Waals surface area (Å²) in [6.07, 6.45) is 3.02. The molecule has 2 rings (SSSR count). The summed E-state index contributed by atoms with van der Waals surface area (Å²) in [5.41, 5.74) is 0.260. The predicted molar refractivity (Wildman–Crippen MR) is 56.0 cm³/mol. The third-order valence-corrected chi connectivity index (χ3v) is 4.56. The molecule has 0 saturated carbocycles. The first kappa shape index (κ1) is 9.97. The number of hydrogen-bond acceptors (Lipinski definition) is 2. The molecule has 14 heavy (non-hydrogen) atoms. The first-order chi connectivity index (χ1) is 6.50. The van der Waals surface area contributed by atoms with Crippen molar-refractivity contribution in [3.05, 3.63) is 0 Å². The zero-order chi connectivity index (χ0) is 10.4. The van der Waals surface area contributed by atoms with Crippen LogP contribution in [-0.2, 0) is 4.79 Å². The molecular formula is C11H20N2O. The van der Waals surface area contributed by atoms with E-state index in [4.69, 9.17) is 0 Å². The Morgan fingerprint density at radius 2 is 1.86 bits per heavy atom. The smallest absolute Gasteiger partial charge is 0.223 e. The van der Waals surface area contributed by atoms with Crippen LogP contribution in [0.25, 0.3) is 0 Å². The minimum Gasteiger partial charge on any atom is -0.340 e. The molecule has 3 heteroatoms. The van der Waals surface area contributed by atoms with E-state index in [9.17, 15) is 4.79 Å². The van der Waals surface area contributed by atoms with Crippen molar-refractivity contribution in [2.24, 2.45) is 5.41 Å². The molecule has 0 bridgehead atoms. The van der Waals surface area contributed by atoms with E-state index in [2.05, 4.69) is 19.2 Å². The fourth-order valence-electron chi connectivity index (χ4n) is 2.99. The van der Waals surface area contributed by atoms with E-state index in [1.54, 1.807) is 0 Å². The van der Waals surface area contributed by atoms with Crippen LogP contribution >= 0.6 is 0 Å². The van der Waals surface area contributed by atoms with Gasteiger partial charge in [0.2, 0.25) is 5.91 Å². The molecule has 2 saturated heterocycles. The molecule has 0 aromatic rings. The van der Waals surface area contributed by atoms with E-state index in [0.717, 1.165) is 32.4 Å². The maximum atomic E-state index is 11.8. The van der Waals surface area contributed by atoms with Gasteiger partial charge in [-0.2, -0.15) is 0 Å². The highest BCUT2D eigenvalue weighted by Gasteiger charge is 2.55. The van der Waals surface area contributed by atoms with E-state index in [0.29, 0.717) is 5.91 Å². The number of nitrogens with zero attached hydrogens (tertiary/aromatic N) is 1. The number of piperidine rings is 1. The van der Waals surface area contributed by atoms with Crippen molar-refractivity contribution in [3.63, 3.8) is 0 Å². The van der Waals surface area contributed by atoms with E-state index < -0.39 is 0 Å². The summed E-state index contributed by atoms with van der Waals surface area (Å²) in [7, 11) is 1.94. The quantitative estimate of drug-likeness (QED) is 0.627. The first-order valence-corrected chi connectivity index (χ1v) is 5.47. The Morgan fingerprint density at radius 3 is 2.29 bits per heavy atom. The third-order valence-electron chi connectivity index (χ3n) is 4.56. The molecule has 2 heterocycles. The van der Waals surface area contributed by atoms with Gasteiger partial charge >= 0.3 is 0 Å². The van der Waals surface area contributed by atoms with Crippen LogP contribution < -0.4 is 5.32 Å². The second-order valence-electron chi connectivity index (χ2n) is 5.22. The van der Waals surface area contributed by atoms with Crippen LogP contribution in [0.5, 0.6) is 0 Å². The molecule has 2 aliphatic rings. The zero-order valence-corrected chi connectivity index (χ0v) is 9.39. The average molecular weight is 196 g/mol.